The Morgan fingerprint density at radius 3 is 2.12 bits per heavy atom. The van der Waals surface area contributed by atoms with Crippen LogP contribution in [0.2, 0.25) is 0 Å². The molecule has 0 saturated carbocycles. The summed E-state index contributed by atoms with van der Waals surface area (Å²) in [6.45, 7) is 6.52. The fraction of sp³-hybridized carbons (Fsp3) is 0.833. The van der Waals surface area contributed by atoms with Crippen LogP contribution < -0.4 is 5.32 Å². The van der Waals surface area contributed by atoms with Crippen molar-refractivity contribution in [3.8, 4) is 0 Å². The summed E-state index contributed by atoms with van der Waals surface area (Å²) in [4.78, 5) is 27.2. The van der Waals surface area contributed by atoms with Crippen molar-refractivity contribution < 1.29 is 9.59 Å². The van der Waals surface area contributed by atoms with Gasteiger partial charge in [-0.25, -0.2) is 0 Å². The van der Waals surface area contributed by atoms with Crippen LogP contribution >= 0.6 is 0 Å². The molecule has 96 valence electrons. The number of piperidine rings is 1. The van der Waals surface area contributed by atoms with Gasteiger partial charge in [-0.05, 0) is 12.8 Å². The third-order valence-corrected chi connectivity index (χ3v) is 3.72. The van der Waals surface area contributed by atoms with Crippen LogP contribution in [0.15, 0.2) is 0 Å². The van der Waals surface area contributed by atoms with E-state index in [1.807, 2.05) is 9.80 Å². The Hall–Kier alpha value is -1.10. The Bertz CT molecular complexity index is 292. The second-order valence-electron chi connectivity index (χ2n) is 4.86. The van der Waals surface area contributed by atoms with E-state index < -0.39 is 0 Å². The zero-order valence-corrected chi connectivity index (χ0v) is 10.4. The fourth-order valence-corrected chi connectivity index (χ4v) is 2.58. The molecule has 2 amide bonds. The van der Waals surface area contributed by atoms with Crippen molar-refractivity contribution in [3.05, 3.63) is 0 Å². The minimum absolute atomic E-state index is 0.123. The van der Waals surface area contributed by atoms with E-state index in [9.17, 15) is 9.59 Å². The van der Waals surface area contributed by atoms with Gasteiger partial charge in [0.15, 0.2) is 0 Å². The summed E-state index contributed by atoms with van der Waals surface area (Å²) in [6, 6.07) is 0. The minimum atomic E-state index is 0.123. The van der Waals surface area contributed by atoms with Crippen LogP contribution in [0, 0.1) is 5.92 Å². The number of likely N-dealkylation sites (tertiary alicyclic amines) is 1. The number of hydrogen-bond donors (Lipinski definition) is 1. The number of piperazine rings is 1. The maximum atomic E-state index is 12.2. The molecule has 5 nitrogen and oxygen atoms in total. The van der Waals surface area contributed by atoms with Gasteiger partial charge in [0.2, 0.25) is 11.8 Å². The van der Waals surface area contributed by atoms with Crippen LogP contribution in [0.1, 0.15) is 19.8 Å². The molecule has 1 N–H and O–H groups in total. The van der Waals surface area contributed by atoms with Crippen molar-refractivity contribution in [2.24, 2.45) is 5.92 Å². The zero-order valence-electron chi connectivity index (χ0n) is 10.4. The molecule has 0 radical (unpaired) electrons. The van der Waals surface area contributed by atoms with Crippen LogP contribution in [-0.4, -0.2) is 60.9 Å². The molecule has 0 unspecified atom stereocenters. The first kappa shape index (κ1) is 12.4. The van der Waals surface area contributed by atoms with E-state index in [0.717, 1.165) is 52.1 Å². The zero-order chi connectivity index (χ0) is 12.3. The molecule has 2 heterocycles. The summed E-state index contributed by atoms with van der Waals surface area (Å²) >= 11 is 0. The number of hydrogen-bond acceptors (Lipinski definition) is 3. The van der Waals surface area contributed by atoms with E-state index in [1.165, 1.54) is 0 Å². The van der Waals surface area contributed by atoms with Gasteiger partial charge in [0, 0.05) is 52.1 Å². The first-order valence-electron chi connectivity index (χ1n) is 6.43. The third-order valence-electron chi connectivity index (χ3n) is 3.72. The van der Waals surface area contributed by atoms with E-state index >= 15 is 0 Å². The normalized spacial score (nSPS) is 22.6. The number of rotatable bonds is 1. The van der Waals surface area contributed by atoms with Crippen molar-refractivity contribution in [1.29, 1.82) is 0 Å². The second-order valence-corrected chi connectivity index (χ2v) is 4.86. The maximum Gasteiger partial charge on any atom is 0.225 e. The lowest BCUT2D eigenvalue weighted by Crippen LogP contribution is -2.50. The molecule has 0 aromatic heterocycles. The Morgan fingerprint density at radius 2 is 1.59 bits per heavy atom. The molecule has 2 aliphatic heterocycles. The smallest absolute Gasteiger partial charge is 0.225 e. The molecule has 0 bridgehead atoms. The predicted octanol–water partition coefficient (Wildman–Crippen LogP) is -0.323. The Labute approximate surface area is 102 Å². The summed E-state index contributed by atoms with van der Waals surface area (Å²) in [6.07, 6.45) is 1.64. The summed E-state index contributed by atoms with van der Waals surface area (Å²) in [5, 5.41) is 3.25. The lowest BCUT2D eigenvalue weighted by Gasteiger charge is -2.35. The lowest BCUT2D eigenvalue weighted by molar-refractivity contribution is -0.140. The molecule has 17 heavy (non-hydrogen) atoms. The minimum Gasteiger partial charge on any atom is -0.343 e. The van der Waals surface area contributed by atoms with Gasteiger partial charge in [0.25, 0.3) is 0 Å². The average molecular weight is 239 g/mol. The van der Waals surface area contributed by atoms with Crippen molar-refractivity contribution in [1.82, 2.24) is 15.1 Å². The lowest BCUT2D eigenvalue weighted by atomic mass is 9.95. The highest BCUT2D eigenvalue weighted by Crippen LogP contribution is 2.19. The van der Waals surface area contributed by atoms with Crippen LogP contribution in [-0.2, 0) is 9.59 Å². The molecule has 0 aliphatic carbocycles. The number of nitrogens with one attached hydrogen (secondary N) is 1. The molecule has 2 saturated heterocycles. The molecule has 0 atom stereocenters. The van der Waals surface area contributed by atoms with E-state index in [-0.39, 0.29) is 17.7 Å². The Kier molecular flexibility index (Phi) is 3.99. The average Bonchev–Trinajstić information content (AvgIpc) is 2.39. The quantitative estimate of drug-likeness (QED) is 0.682. The van der Waals surface area contributed by atoms with Crippen molar-refractivity contribution in [3.63, 3.8) is 0 Å². The number of amides is 2. The summed E-state index contributed by atoms with van der Waals surface area (Å²) in [7, 11) is 0. The van der Waals surface area contributed by atoms with E-state index in [4.69, 9.17) is 0 Å². The highest BCUT2D eigenvalue weighted by atomic mass is 16.2. The highest BCUT2D eigenvalue weighted by Gasteiger charge is 2.29. The highest BCUT2D eigenvalue weighted by molar-refractivity contribution is 5.79. The molecule has 2 aliphatic rings. The van der Waals surface area contributed by atoms with Gasteiger partial charge in [-0.2, -0.15) is 0 Å². The van der Waals surface area contributed by atoms with Crippen LogP contribution in [0.3, 0.4) is 0 Å². The molecular weight excluding hydrogens is 218 g/mol. The molecular formula is C12H21N3O2. The number of carbonyl (C=O) groups is 2. The first-order chi connectivity index (χ1) is 8.18. The molecule has 2 fully saturated rings. The van der Waals surface area contributed by atoms with Gasteiger partial charge in [-0.15, -0.1) is 0 Å². The van der Waals surface area contributed by atoms with Gasteiger partial charge in [0.1, 0.15) is 0 Å². The van der Waals surface area contributed by atoms with Crippen molar-refractivity contribution >= 4 is 11.8 Å². The van der Waals surface area contributed by atoms with Gasteiger partial charge in [-0.1, -0.05) is 0 Å². The largest absolute Gasteiger partial charge is 0.343 e. The molecule has 5 heteroatoms. The molecule has 0 spiro atoms. The number of nitrogens with zero attached hydrogens (tertiary/aromatic N) is 2. The summed E-state index contributed by atoms with van der Waals surface area (Å²) in [5.74, 6) is 0.538. The van der Waals surface area contributed by atoms with E-state index in [2.05, 4.69) is 5.32 Å². The van der Waals surface area contributed by atoms with E-state index in [1.54, 1.807) is 6.92 Å². The molecule has 0 aromatic rings. The van der Waals surface area contributed by atoms with Gasteiger partial charge >= 0.3 is 0 Å². The monoisotopic (exact) mass is 239 g/mol. The predicted molar refractivity (Wildman–Crippen MR) is 64.4 cm³/mol. The SMILES string of the molecule is CC(=O)N1CCC(C(=O)N2CCNCC2)CC1. The van der Waals surface area contributed by atoms with Crippen molar-refractivity contribution in [2.45, 2.75) is 19.8 Å². The Morgan fingerprint density at radius 1 is 1.00 bits per heavy atom. The van der Waals surface area contributed by atoms with Crippen LogP contribution in [0.5, 0.6) is 0 Å². The fourth-order valence-electron chi connectivity index (χ4n) is 2.58. The van der Waals surface area contributed by atoms with Gasteiger partial charge in [-0.3, -0.25) is 9.59 Å². The first-order valence-corrected chi connectivity index (χ1v) is 6.43. The van der Waals surface area contributed by atoms with E-state index in [0.29, 0.717) is 0 Å². The summed E-state index contributed by atoms with van der Waals surface area (Å²) in [5.41, 5.74) is 0. The number of carbonyl (C=O) groups excluding carboxylic acids is 2. The topological polar surface area (TPSA) is 52.7 Å². The molecule has 2 rings (SSSR count). The standard InChI is InChI=1S/C12H21N3O2/c1-10(16)14-6-2-11(3-7-14)12(17)15-8-4-13-5-9-15/h11,13H,2-9H2,1H3. The van der Waals surface area contributed by atoms with Gasteiger partial charge in [0.05, 0.1) is 0 Å². The third kappa shape index (κ3) is 2.97. The van der Waals surface area contributed by atoms with Crippen LogP contribution in [0.25, 0.3) is 0 Å². The van der Waals surface area contributed by atoms with Gasteiger partial charge < -0.3 is 15.1 Å². The summed E-state index contributed by atoms with van der Waals surface area (Å²) < 4.78 is 0. The molecule has 0 aromatic carbocycles. The Balaban J connectivity index is 1.83. The maximum absolute atomic E-state index is 12.2. The van der Waals surface area contributed by atoms with Crippen molar-refractivity contribution in [2.75, 3.05) is 39.3 Å². The second kappa shape index (κ2) is 5.49. The van der Waals surface area contributed by atoms with Crippen LogP contribution in [0.4, 0.5) is 0 Å².